The summed E-state index contributed by atoms with van der Waals surface area (Å²) in [6.07, 6.45) is 0. The molecule has 0 unspecified atom stereocenters. The number of nitrogens with zero attached hydrogens (tertiary/aromatic N) is 2. The van der Waals surface area contributed by atoms with Gasteiger partial charge < -0.3 is 15.1 Å². The normalized spacial score (nSPS) is 15.0. The molecule has 26 heavy (non-hydrogen) atoms. The van der Waals surface area contributed by atoms with Crippen molar-refractivity contribution in [3.05, 3.63) is 64.2 Å². The predicted octanol–water partition coefficient (Wildman–Crippen LogP) is 3.29. The molecule has 2 aromatic rings. The molecule has 1 aliphatic rings. The Labute approximate surface area is 158 Å². The van der Waals surface area contributed by atoms with E-state index in [1.165, 1.54) is 0 Å². The number of carbonyl (C=O) groups excluding carboxylic acids is 2. The maximum atomic E-state index is 12.6. The molecule has 0 bridgehead atoms. The second-order valence-corrected chi connectivity index (χ2v) is 6.95. The zero-order valence-electron chi connectivity index (χ0n) is 15.0. The van der Waals surface area contributed by atoms with Gasteiger partial charge in [-0.3, -0.25) is 9.59 Å². The maximum Gasteiger partial charge on any atom is 0.255 e. The Morgan fingerprint density at radius 2 is 1.58 bits per heavy atom. The Morgan fingerprint density at radius 1 is 0.962 bits per heavy atom. The van der Waals surface area contributed by atoms with E-state index in [1.54, 1.807) is 36.4 Å². The quantitative estimate of drug-likeness (QED) is 0.900. The van der Waals surface area contributed by atoms with E-state index < -0.39 is 0 Å². The highest BCUT2D eigenvalue weighted by Gasteiger charge is 2.20. The van der Waals surface area contributed by atoms with Gasteiger partial charge in [-0.2, -0.15) is 0 Å². The van der Waals surface area contributed by atoms with Crippen LogP contribution in [-0.4, -0.2) is 54.8 Å². The number of amides is 2. The number of piperazine rings is 1. The van der Waals surface area contributed by atoms with Crippen LogP contribution >= 0.6 is 11.6 Å². The zero-order chi connectivity index (χ0) is 18.7. The van der Waals surface area contributed by atoms with Crippen LogP contribution in [0.3, 0.4) is 0 Å². The smallest absolute Gasteiger partial charge is 0.255 e. The van der Waals surface area contributed by atoms with E-state index in [9.17, 15) is 9.59 Å². The van der Waals surface area contributed by atoms with E-state index in [2.05, 4.69) is 17.3 Å². The van der Waals surface area contributed by atoms with E-state index in [-0.39, 0.29) is 11.8 Å². The van der Waals surface area contributed by atoms with Crippen molar-refractivity contribution in [2.45, 2.75) is 6.92 Å². The van der Waals surface area contributed by atoms with Crippen molar-refractivity contribution in [3.8, 4) is 0 Å². The second kappa shape index (κ2) is 7.89. The molecule has 0 spiro atoms. The Bertz CT molecular complexity index is 812. The molecule has 3 rings (SSSR count). The first kappa shape index (κ1) is 18.4. The summed E-state index contributed by atoms with van der Waals surface area (Å²) in [6, 6.07) is 12.2. The van der Waals surface area contributed by atoms with Crippen molar-refractivity contribution < 1.29 is 9.59 Å². The third kappa shape index (κ3) is 4.06. The monoisotopic (exact) mass is 371 g/mol. The molecule has 0 saturated carbocycles. The molecular formula is C20H22ClN3O2. The van der Waals surface area contributed by atoms with Gasteiger partial charge in [0.25, 0.3) is 11.8 Å². The van der Waals surface area contributed by atoms with Gasteiger partial charge in [-0.15, -0.1) is 0 Å². The second-order valence-electron chi connectivity index (χ2n) is 6.54. The molecule has 1 heterocycles. The molecule has 1 aliphatic heterocycles. The zero-order valence-corrected chi connectivity index (χ0v) is 15.7. The minimum absolute atomic E-state index is 0.00995. The summed E-state index contributed by atoms with van der Waals surface area (Å²) in [5, 5.41) is 3.47. The van der Waals surface area contributed by atoms with Gasteiger partial charge in [0.15, 0.2) is 0 Å². The van der Waals surface area contributed by atoms with Crippen LogP contribution in [0.5, 0.6) is 0 Å². The van der Waals surface area contributed by atoms with Crippen LogP contribution < -0.4 is 5.32 Å². The van der Waals surface area contributed by atoms with Gasteiger partial charge in [0.05, 0.1) is 0 Å². The van der Waals surface area contributed by atoms with Gasteiger partial charge in [-0.1, -0.05) is 17.7 Å². The first-order valence-corrected chi connectivity index (χ1v) is 8.98. The lowest BCUT2D eigenvalue weighted by molar-refractivity contribution is 0.0664. The Hall–Kier alpha value is -2.37. The molecule has 5 nitrogen and oxygen atoms in total. The number of benzene rings is 2. The molecule has 2 amide bonds. The molecule has 0 aliphatic carbocycles. The molecule has 1 saturated heterocycles. The van der Waals surface area contributed by atoms with Crippen LogP contribution in [0.2, 0.25) is 5.02 Å². The van der Waals surface area contributed by atoms with Gasteiger partial charge in [-0.25, -0.2) is 0 Å². The van der Waals surface area contributed by atoms with E-state index in [4.69, 9.17) is 11.6 Å². The Balaban J connectivity index is 1.68. The van der Waals surface area contributed by atoms with Gasteiger partial charge in [0, 0.05) is 48.0 Å². The summed E-state index contributed by atoms with van der Waals surface area (Å²) in [4.78, 5) is 29.0. The van der Waals surface area contributed by atoms with Crippen molar-refractivity contribution in [2.75, 3.05) is 38.5 Å². The number of halogens is 1. The summed E-state index contributed by atoms with van der Waals surface area (Å²) in [6.45, 7) is 5.07. The molecule has 1 N–H and O–H groups in total. The Kier molecular flexibility index (Phi) is 5.59. The maximum absolute atomic E-state index is 12.6. The topological polar surface area (TPSA) is 52.7 Å². The number of hydrogen-bond acceptors (Lipinski definition) is 3. The van der Waals surface area contributed by atoms with E-state index in [0.29, 0.717) is 21.8 Å². The number of likely N-dealkylation sites (N-methyl/N-ethyl adjacent to an activating group) is 1. The molecule has 1 fully saturated rings. The highest BCUT2D eigenvalue weighted by atomic mass is 35.5. The van der Waals surface area contributed by atoms with Gasteiger partial charge >= 0.3 is 0 Å². The van der Waals surface area contributed by atoms with Crippen molar-refractivity contribution in [3.63, 3.8) is 0 Å². The highest BCUT2D eigenvalue weighted by molar-refractivity contribution is 6.31. The average Bonchev–Trinajstić information content (AvgIpc) is 2.65. The summed E-state index contributed by atoms with van der Waals surface area (Å²) < 4.78 is 0. The van der Waals surface area contributed by atoms with Crippen LogP contribution in [-0.2, 0) is 0 Å². The summed E-state index contributed by atoms with van der Waals surface area (Å²) >= 11 is 6.09. The number of nitrogens with one attached hydrogen (secondary N) is 1. The fourth-order valence-corrected chi connectivity index (χ4v) is 3.07. The van der Waals surface area contributed by atoms with Crippen LogP contribution in [0.25, 0.3) is 0 Å². The van der Waals surface area contributed by atoms with Crippen LogP contribution in [0.15, 0.2) is 42.5 Å². The van der Waals surface area contributed by atoms with Crippen molar-refractivity contribution in [1.82, 2.24) is 9.80 Å². The lowest BCUT2D eigenvalue weighted by Gasteiger charge is -2.32. The average molecular weight is 372 g/mol. The van der Waals surface area contributed by atoms with Crippen molar-refractivity contribution in [1.29, 1.82) is 0 Å². The van der Waals surface area contributed by atoms with Crippen LogP contribution in [0.1, 0.15) is 26.3 Å². The third-order valence-corrected chi connectivity index (χ3v) is 5.11. The van der Waals surface area contributed by atoms with E-state index in [0.717, 1.165) is 31.7 Å². The summed E-state index contributed by atoms with van der Waals surface area (Å²) in [5.74, 6) is -0.218. The lowest BCUT2D eigenvalue weighted by Crippen LogP contribution is -2.47. The number of carbonyl (C=O) groups is 2. The first-order chi connectivity index (χ1) is 12.5. The number of anilines is 1. The van der Waals surface area contributed by atoms with Gasteiger partial charge in [0.2, 0.25) is 0 Å². The van der Waals surface area contributed by atoms with E-state index >= 15 is 0 Å². The number of rotatable bonds is 3. The Morgan fingerprint density at radius 3 is 2.23 bits per heavy atom. The van der Waals surface area contributed by atoms with Gasteiger partial charge in [-0.05, 0) is 55.9 Å². The minimum Gasteiger partial charge on any atom is -0.336 e. The lowest BCUT2D eigenvalue weighted by atomic mass is 10.1. The van der Waals surface area contributed by atoms with Gasteiger partial charge in [0.1, 0.15) is 0 Å². The van der Waals surface area contributed by atoms with Crippen molar-refractivity contribution >= 4 is 29.1 Å². The highest BCUT2D eigenvalue weighted by Crippen LogP contribution is 2.23. The summed E-state index contributed by atoms with van der Waals surface area (Å²) in [5.41, 5.74) is 2.61. The molecule has 0 radical (unpaired) electrons. The third-order valence-electron chi connectivity index (χ3n) is 4.70. The summed E-state index contributed by atoms with van der Waals surface area (Å²) in [7, 11) is 2.05. The van der Waals surface area contributed by atoms with Crippen molar-refractivity contribution in [2.24, 2.45) is 0 Å². The van der Waals surface area contributed by atoms with E-state index in [1.807, 2.05) is 17.9 Å². The molecule has 0 atom stereocenters. The largest absolute Gasteiger partial charge is 0.336 e. The van der Waals surface area contributed by atoms with Crippen LogP contribution in [0, 0.1) is 6.92 Å². The fraction of sp³-hybridized carbons (Fsp3) is 0.300. The molecule has 136 valence electrons. The molecular weight excluding hydrogens is 350 g/mol. The standard InChI is InChI=1S/C20H22ClN3O2/c1-14-17(21)4-3-5-18(14)22-19(25)15-6-8-16(9-7-15)20(26)24-12-10-23(2)11-13-24/h3-9H,10-13H2,1-2H3,(H,22,25). The SMILES string of the molecule is Cc1c(Cl)cccc1NC(=O)c1ccc(C(=O)N2CCN(C)CC2)cc1. The first-order valence-electron chi connectivity index (χ1n) is 8.60. The minimum atomic E-state index is -0.228. The fourth-order valence-electron chi connectivity index (χ4n) is 2.89. The molecule has 2 aromatic carbocycles. The predicted molar refractivity (Wildman–Crippen MR) is 104 cm³/mol. The molecule has 6 heteroatoms. The number of hydrogen-bond donors (Lipinski definition) is 1. The van der Waals surface area contributed by atoms with Crippen LogP contribution in [0.4, 0.5) is 5.69 Å². The molecule has 0 aromatic heterocycles.